The molecule has 1 amide bonds. The summed E-state index contributed by atoms with van der Waals surface area (Å²) in [4.78, 5) is 26.8. The third-order valence-corrected chi connectivity index (χ3v) is 5.78. The van der Waals surface area contributed by atoms with E-state index in [0.717, 1.165) is 54.9 Å². The number of amides is 1. The second-order valence-corrected chi connectivity index (χ2v) is 7.69. The average molecular weight is 388 g/mol. The van der Waals surface area contributed by atoms with E-state index in [0.29, 0.717) is 5.92 Å². The highest BCUT2D eigenvalue weighted by Crippen LogP contribution is 2.32. The highest BCUT2D eigenvalue weighted by atomic mass is 16.2. The molecular weight excluding hydrogens is 364 g/mol. The largest absolute Gasteiger partial charge is 0.380 e. The highest BCUT2D eigenvalue weighted by Gasteiger charge is 2.24. The lowest BCUT2D eigenvalue weighted by Gasteiger charge is -2.34. The van der Waals surface area contributed by atoms with Crippen LogP contribution in [0.4, 0.5) is 11.5 Å². The summed E-state index contributed by atoms with van der Waals surface area (Å²) in [5, 5.41) is 7.19. The standard InChI is InChI=1S/C22H24N6O/c29-22(19-7-2-9-23-19)27-17-6-1-4-15(12-17)16-5-3-11-28(13-16)21-18-8-10-24-20(18)25-14-26-21/h1-2,4,6,8-10,12,14,16,19,23H,3,5,7,11,13H2,(H,27,29)(H,24,25,26). The molecule has 4 heterocycles. The second kappa shape index (κ2) is 7.58. The topological polar surface area (TPSA) is 85.9 Å². The number of carbonyl (C=O) groups is 1. The van der Waals surface area contributed by atoms with Crippen molar-refractivity contribution < 1.29 is 4.79 Å². The van der Waals surface area contributed by atoms with Gasteiger partial charge in [0.05, 0.1) is 5.39 Å². The van der Waals surface area contributed by atoms with Gasteiger partial charge in [-0.15, -0.1) is 0 Å². The van der Waals surface area contributed by atoms with Gasteiger partial charge in [-0.2, -0.15) is 0 Å². The highest BCUT2D eigenvalue weighted by molar-refractivity contribution is 5.95. The lowest BCUT2D eigenvalue weighted by molar-refractivity contribution is -0.117. The number of nitrogens with zero attached hydrogens (tertiary/aromatic N) is 3. The summed E-state index contributed by atoms with van der Waals surface area (Å²) in [6, 6.07) is 10.1. The van der Waals surface area contributed by atoms with Gasteiger partial charge < -0.3 is 20.5 Å². The zero-order valence-corrected chi connectivity index (χ0v) is 16.1. The number of rotatable bonds is 4. The first kappa shape index (κ1) is 17.7. The number of aromatic nitrogens is 3. The molecule has 0 bridgehead atoms. The average Bonchev–Trinajstić information content (AvgIpc) is 3.46. The van der Waals surface area contributed by atoms with Crippen LogP contribution in [0.5, 0.6) is 0 Å². The van der Waals surface area contributed by atoms with Crippen molar-refractivity contribution in [1.29, 1.82) is 0 Å². The van der Waals surface area contributed by atoms with Gasteiger partial charge in [0.2, 0.25) is 5.91 Å². The molecule has 7 nitrogen and oxygen atoms in total. The Morgan fingerprint density at radius 1 is 1.24 bits per heavy atom. The van der Waals surface area contributed by atoms with Crippen molar-refractivity contribution in [3.63, 3.8) is 0 Å². The van der Waals surface area contributed by atoms with Gasteiger partial charge in [-0.25, -0.2) is 9.97 Å². The van der Waals surface area contributed by atoms with Crippen molar-refractivity contribution >= 4 is 28.4 Å². The first-order valence-corrected chi connectivity index (χ1v) is 10.1. The predicted octanol–water partition coefficient (Wildman–Crippen LogP) is 3.16. The normalized spacial score (nSPS) is 21.3. The Labute approximate surface area is 169 Å². The third kappa shape index (κ3) is 3.55. The zero-order valence-electron chi connectivity index (χ0n) is 16.1. The van der Waals surface area contributed by atoms with Gasteiger partial charge >= 0.3 is 0 Å². The molecule has 1 aromatic carbocycles. The quantitative estimate of drug-likeness (QED) is 0.639. The van der Waals surface area contributed by atoms with E-state index >= 15 is 0 Å². The van der Waals surface area contributed by atoms with E-state index in [4.69, 9.17) is 0 Å². The number of aromatic amines is 1. The molecule has 2 unspecified atom stereocenters. The Bertz CT molecular complexity index is 1050. The van der Waals surface area contributed by atoms with Gasteiger partial charge in [-0.3, -0.25) is 4.79 Å². The monoisotopic (exact) mass is 388 g/mol. The molecule has 3 N–H and O–H groups in total. The van der Waals surface area contributed by atoms with Crippen LogP contribution in [0, 0.1) is 0 Å². The molecule has 148 valence electrons. The second-order valence-electron chi connectivity index (χ2n) is 7.69. The fraction of sp³-hybridized carbons (Fsp3) is 0.318. The van der Waals surface area contributed by atoms with Gasteiger partial charge in [-0.05, 0) is 49.2 Å². The lowest BCUT2D eigenvalue weighted by atomic mass is 9.90. The summed E-state index contributed by atoms with van der Waals surface area (Å²) >= 11 is 0. The molecule has 0 spiro atoms. The number of anilines is 2. The number of carbonyl (C=O) groups excluding carboxylic acids is 1. The number of nitrogens with one attached hydrogen (secondary N) is 3. The van der Waals surface area contributed by atoms with Crippen molar-refractivity contribution in [1.82, 2.24) is 20.3 Å². The van der Waals surface area contributed by atoms with E-state index in [9.17, 15) is 4.79 Å². The summed E-state index contributed by atoms with van der Waals surface area (Å²) in [6.45, 7) is 1.90. The Morgan fingerprint density at radius 3 is 3.10 bits per heavy atom. The molecule has 2 aliphatic heterocycles. The maximum Gasteiger partial charge on any atom is 0.247 e. The third-order valence-electron chi connectivity index (χ3n) is 5.78. The molecule has 0 radical (unpaired) electrons. The van der Waals surface area contributed by atoms with E-state index in [1.54, 1.807) is 6.33 Å². The van der Waals surface area contributed by atoms with Crippen LogP contribution in [0.15, 0.2) is 55.1 Å². The van der Waals surface area contributed by atoms with Crippen LogP contribution in [0.3, 0.4) is 0 Å². The SMILES string of the molecule is O=C(Nc1cccc(C2CCCN(c3ncnc4[nH]ccc34)C2)c1)C1CC=CN1. The fourth-order valence-corrected chi connectivity index (χ4v) is 4.29. The van der Waals surface area contributed by atoms with E-state index in [2.05, 4.69) is 42.6 Å². The Morgan fingerprint density at radius 2 is 2.21 bits per heavy atom. The Balaban J connectivity index is 1.33. The Hall–Kier alpha value is -3.35. The maximum absolute atomic E-state index is 12.4. The van der Waals surface area contributed by atoms with Gasteiger partial charge in [0.25, 0.3) is 0 Å². The minimum Gasteiger partial charge on any atom is -0.380 e. The first-order valence-electron chi connectivity index (χ1n) is 10.1. The zero-order chi connectivity index (χ0) is 19.6. The molecule has 1 saturated heterocycles. The van der Waals surface area contributed by atoms with Crippen molar-refractivity contribution in [2.24, 2.45) is 0 Å². The number of fused-ring (bicyclic) bond motifs is 1. The Kier molecular flexibility index (Phi) is 4.63. The molecule has 5 rings (SSSR count). The number of hydrogen-bond acceptors (Lipinski definition) is 5. The fourth-order valence-electron chi connectivity index (χ4n) is 4.29. The molecular formula is C22H24N6O. The molecule has 7 heteroatoms. The molecule has 2 aromatic heterocycles. The molecule has 29 heavy (non-hydrogen) atoms. The molecule has 2 atom stereocenters. The lowest BCUT2D eigenvalue weighted by Crippen LogP contribution is -2.35. The number of hydrogen-bond donors (Lipinski definition) is 3. The van der Waals surface area contributed by atoms with E-state index in [1.807, 2.05) is 36.7 Å². The maximum atomic E-state index is 12.4. The van der Waals surface area contributed by atoms with Crippen LogP contribution in [0.2, 0.25) is 0 Å². The molecule has 2 aliphatic rings. The summed E-state index contributed by atoms with van der Waals surface area (Å²) in [6.07, 6.45) is 10.3. The minimum atomic E-state index is -0.176. The van der Waals surface area contributed by atoms with Gasteiger partial charge in [0.15, 0.2) is 0 Å². The smallest absolute Gasteiger partial charge is 0.247 e. The van der Waals surface area contributed by atoms with Crippen LogP contribution in [-0.4, -0.2) is 40.0 Å². The van der Waals surface area contributed by atoms with Crippen molar-refractivity contribution in [2.75, 3.05) is 23.3 Å². The van der Waals surface area contributed by atoms with Gasteiger partial charge in [0.1, 0.15) is 23.8 Å². The summed E-state index contributed by atoms with van der Waals surface area (Å²) in [7, 11) is 0. The first-order chi connectivity index (χ1) is 14.3. The number of H-pyrrole nitrogens is 1. The van der Waals surface area contributed by atoms with E-state index < -0.39 is 0 Å². The van der Waals surface area contributed by atoms with Gasteiger partial charge in [-0.1, -0.05) is 18.2 Å². The van der Waals surface area contributed by atoms with E-state index in [1.165, 1.54) is 5.56 Å². The molecule has 0 saturated carbocycles. The summed E-state index contributed by atoms with van der Waals surface area (Å²) < 4.78 is 0. The predicted molar refractivity (Wildman–Crippen MR) is 114 cm³/mol. The van der Waals surface area contributed by atoms with Crippen LogP contribution < -0.4 is 15.5 Å². The van der Waals surface area contributed by atoms with Crippen molar-refractivity contribution in [3.05, 3.63) is 60.7 Å². The summed E-state index contributed by atoms with van der Waals surface area (Å²) in [5.41, 5.74) is 2.98. The van der Waals surface area contributed by atoms with Crippen LogP contribution >= 0.6 is 0 Å². The van der Waals surface area contributed by atoms with Crippen LogP contribution in [0.1, 0.15) is 30.7 Å². The molecule has 3 aromatic rings. The molecule has 1 fully saturated rings. The number of piperidine rings is 1. The number of benzene rings is 1. The van der Waals surface area contributed by atoms with Gasteiger partial charge in [0, 0.05) is 30.9 Å². The van der Waals surface area contributed by atoms with Crippen molar-refractivity contribution in [3.8, 4) is 0 Å². The van der Waals surface area contributed by atoms with Crippen molar-refractivity contribution in [2.45, 2.75) is 31.2 Å². The van der Waals surface area contributed by atoms with Crippen LogP contribution in [0.25, 0.3) is 11.0 Å². The van der Waals surface area contributed by atoms with E-state index in [-0.39, 0.29) is 11.9 Å². The van der Waals surface area contributed by atoms with Crippen LogP contribution in [-0.2, 0) is 4.79 Å². The molecule has 0 aliphatic carbocycles. The minimum absolute atomic E-state index is 0.00764. The summed E-state index contributed by atoms with van der Waals surface area (Å²) in [5.74, 6) is 1.40.